The molecule has 1 aromatic heterocycles. The van der Waals surface area contributed by atoms with Crippen LogP contribution in [0.15, 0.2) is 30.6 Å². The summed E-state index contributed by atoms with van der Waals surface area (Å²) >= 11 is 0. The molecule has 0 unspecified atom stereocenters. The van der Waals surface area contributed by atoms with Crippen LogP contribution >= 0.6 is 0 Å². The first-order valence-corrected chi connectivity index (χ1v) is 8.15. The number of amides is 1. The second-order valence-electron chi connectivity index (χ2n) is 6.63. The standard InChI is InChI=1S/C19H20N2O2/c1-11-9-20-10-12(2)18(11)14-5-6-15-16(8-14)23-17(19(22)21-15)7-13-3-4-13/h5-6,8-10,13,17H,3-4,7H2,1-2H3,(H,21,22)/t17-/m1/s1. The van der Waals surface area contributed by atoms with Crippen LogP contribution in [0.5, 0.6) is 5.75 Å². The van der Waals surface area contributed by atoms with E-state index in [9.17, 15) is 4.79 Å². The van der Waals surface area contributed by atoms with Crippen LogP contribution in [-0.4, -0.2) is 17.0 Å². The highest BCUT2D eigenvalue weighted by Gasteiger charge is 2.34. The maximum absolute atomic E-state index is 12.1. The Morgan fingerprint density at radius 1 is 1.22 bits per heavy atom. The van der Waals surface area contributed by atoms with E-state index in [2.05, 4.69) is 24.1 Å². The molecular formula is C19H20N2O2. The molecule has 1 fully saturated rings. The SMILES string of the molecule is Cc1cncc(C)c1-c1ccc2c(c1)O[C@H](CC1CC1)C(=O)N2. The van der Waals surface area contributed by atoms with Gasteiger partial charge in [-0.3, -0.25) is 9.78 Å². The van der Waals surface area contributed by atoms with Crippen molar-refractivity contribution >= 4 is 11.6 Å². The largest absolute Gasteiger partial charge is 0.478 e. The predicted octanol–water partition coefficient (Wildman–Crippen LogP) is 3.87. The molecule has 23 heavy (non-hydrogen) atoms. The van der Waals surface area contributed by atoms with Gasteiger partial charge in [-0.25, -0.2) is 0 Å². The number of aromatic nitrogens is 1. The molecule has 1 saturated carbocycles. The molecule has 1 N–H and O–H groups in total. The van der Waals surface area contributed by atoms with Gasteiger partial charge in [0, 0.05) is 12.4 Å². The van der Waals surface area contributed by atoms with E-state index in [4.69, 9.17) is 4.74 Å². The van der Waals surface area contributed by atoms with Gasteiger partial charge < -0.3 is 10.1 Å². The molecule has 0 saturated heterocycles. The highest BCUT2D eigenvalue weighted by atomic mass is 16.5. The number of nitrogens with one attached hydrogen (secondary N) is 1. The van der Waals surface area contributed by atoms with E-state index in [-0.39, 0.29) is 12.0 Å². The average molecular weight is 308 g/mol. The zero-order chi connectivity index (χ0) is 16.0. The van der Waals surface area contributed by atoms with E-state index in [1.807, 2.05) is 30.6 Å². The van der Waals surface area contributed by atoms with E-state index in [1.165, 1.54) is 18.4 Å². The first-order valence-electron chi connectivity index (χ1n) is 8.15. The van der Waals surface area contributed by atoms with Gasteiger partial charge in [-0.05, 0) is 60.6 Å². The zero-order valence-electron chi connectivity index (χ0n) is 13.4. The number of carbonyl (C=O) groups is 1. The maximum Gasteiger partial charge on any atom is 0.265 e. The molecule has 118 valence electrons. The van der Waals surface area contributed by atoms with Crippen LogP contribution in [0.25, 0.3) is 11.1 Å². The monoisotopic (exact) mass is 308 g/mol. The highest BCUT2D eigenvalue weighted by molar-refractivity contribution is 5.98. The van der Waals surface area contributed by atoms with Crippen LogP contribution in [0.3, 0.4) is 0 Å². The summed E-state index contributed by atoms with van der Waals surface area (Å²) in [4.78, 5) is 16.4. The lowest BCUT2D eigenvalue weighted by molar-refractivity contribution is -0.124. The molecular weight excluding hydrogens is 288 g/mol. The molecule has 2 aromatic rings. The number of ether oxygens (including phenoxy) is 1. The van der Waals surface area contributed by atoms with E-state index < -0.39 is 0 Å². The summed E-state index contributed by atoms with van der Waals surface area (Å²) in [5.41, 5.74) is 5.32. The molecule has 4 nitrogen and oxygen atoms in total. The van der Waals surface area contributed by atoms with Crippen LogP contribution in [-0.2, 0) is 4.79 Å². The van der Waals surface area contributed by atoms with Gasteiger partial charge in [0.2, 0.25) is 0 Å². The fourth-order valence-electron chi connectivity index (χ4n) is 3.27. The minimum atomic E-state index is -0.357. The molecule has 1 aliphatic heterocycles. The van der Waals surface area contributed by atoms with Gasteiger partial charge in [0.15, 0.2) is 6.10 Å². The number of nitrogens with zero attached hydrogens (tertiary/aromatic N) is 1. The summed E-state index contributed by atoms with van der Waals surface area (Å²) < 4.78 is 6.01. The zero-order valence-corrected chi connectivity index (χ0v) is 13.4. The number of aryl methyl sites for hydroxylation is 2. The normalized spacial score (nSPS) is 19.7. The Bertz CT molecular complexity index is 761. The van der Waals surface area contributed by atoms with Crippen molar-refractivity contribution in [1.82, 2.24) is 4.98 Å². The molecule has 1 atom stereocenters. The summed E-state index contributed by atoms with van der Waals surface area (Å²) in [6.07, 6.45) is 6.65. The lowest BCUT2D eigenvalue weighted by Crippen LogP contribution is -2.37. The van der Waals surface area contributed by atoms with Gasteiger partial charge >= 0.3 is 0 Å². The third kappa shape index (κ3) is 2.69. The number of benzene rings is 1. The van der Waals surface area contributed by atoms with E-state index in [0.29, 0.717) is 5.92 Å². The van der Waals surface area contributed by atoms with Gasteiger partial charge in [0.25, 0.3) is 5.91 Å². The van der Waals surface area contributed by atoms with E-state index in [1.54, 1.807) is 0 Å². The lowest BCUT2D eigenvalue weighted by atomic mass is 9.97. The molecule has 2 heterocycles. The summed E-state index contributed by atoms with van der Waals surface area (Å²) in [5.74, 6) is 1.40. The molecule has 1 aliphatic carbocycles. The van der Waals surface area contributed by atoms with Crippen molar-refractivity contribution < 1.29 is 9.53 Å². The Hall–Kier alpha value is -2.36. The predicted molar refractivity (Wildman–Crippen MR) is 89.5 cm³/mol. The van der Waals surface area contributed by atoms with Crippen LogP contribution in [0.2, 0.25) is 0 Å². The molecule has 4 heteroatoms. The Morgan fingerprint density at radius 2 is 1.96 bits per heavy atom. The Labute approximate surface area is 135 Å². The van der Waals surface area contributed by atoms with Crippen molar-refractivity contribution in [2.24, 2.45) is 5.92 Å². The lowest BCUT2D eigenvalue weighted by Gasteiger charge is -2.26. The maximum atomic E-state index is 12.1. The number of hydrogen-bond acceptors (Lipinski definition) is 3. The molecule has 0 radical (unpaired) electrons. The van der Waals surface area contributed by atoms with Crippen molar-refractivity contribution in [2.45, 2.75) is 39.2 Å². The molecule has 4 rings (SSSR count). The molecule has 0 spiro atoms. The smallest absolute Gasteiger partial charge is 0.265 e. The number of rotatable bonds is 3. The number of carbonyl (C=O) groups excluding carboxylic acids is 1. The van der Waals surface area contributed by atoms with Crippen molar-refractivity contribution in [3.63, 3.8) is 0 Å². The number of fused-ring (bicyclic) bond motifs is 1. The Balaban J connectivity index is 1.69. The number of anilines is 1. The number of hydrogen-bond donors (Lipinski definition) is 1. The van der Waals surface area contributed by atoms with Gasteiger partial charge in [-0.2, -0.15) is 0 Å². The second-order valence-corrected chi connectivity index (χ2v) is 6.63. The number of pyridine rings is 1. The summed E-state index contributed by atoms with van der Waals surface area (Å²) in [5, 5.41) is 2.97. The van der Waals surface area contributed by atoms with Crippen molar-refractivity contribution in [1.29, 1.82) is 0 Å². The molecule has 1 aromatic carbocycles. The average Bonchev–Trinajstić information content (AvgIpc) is 3.32. The minimum absolute atomic E-state index is 0.0200. The van der Waals surface area contributed by atoms with E-state index in [0.717, 1.165) is 34.5 Å². The van der Waals surface area contributed by atoms with Gasteiger partial charge in [-0.15, -0.1) is 0 Å². The third-order valence-corrected chi connectivity index (χ3v) is 4.66. The van der Waals surface area contributed by atoms with Crippen LogP contribution < -0.4 is 10.1 Å². The first-order chi connectivity index (χ1) is 11.1. The van der Waals surface area contributed by atoms with Gasteiger partial charge in [-0.1, -0.05) is 18.9 Å². The van der Waals surface area contributed by atoms with Gasteiger partial charge in [0.1, 0.15) is 5.75 Å². The van der Waals surface area contributed by atoms with Crippen molar-refractivity contribution in [2.75, 3.05) is 5.32 Å². The van der Waals surface area contributed by atoms with E-state index >= 15 is 0 Å². The fourth-order valence-corrected chi connectivity index (χ4v) is 3.27. The molecule has 2 aliphatic rings. The quantitative estimate of drug-likeness (QED) is 0.936. The minimum Gasteiger partial charge on any atom is -0.478 e. The second kappa shape index (κ2) is 5.37. The first kappa shape index (κ1) is 14.2. The van der Waals surface area contributed by atoms with Crippen molar-refractivity contribution in [3.05, 3.63) is 41.7 Å². The fraction of sp³-hybridized carbons (Fsp3) is 0.368. The summed E-state index contributed by atoms with van der Waals surface area (Å²) in [6.45, 7) is 4.13. The molecule has 1 amide bonds. The van der Waals surface area contributed by atoms with Crippen LogP contribution in [0, 0.1) is 19.8 Å². The van der Waals surface area contributed by atoms with Crippen LogP contribution in [0.4, 0.5) is 5.69 Å². The van der Waals surface area contributed by atoms with Gasteiger partial charge in [0.05, 0.1) is 5.69 Å². The summed E-state index contributed by atoms with van der Waals surface area (Å²) in [7, 11) is 0. The van der Waals surface area contributed by atoms with Crippen molar-refractivity contribution in [3.8, 4) is 16.9 Å². The third-order valence-electron chi connectivity index (χ3n) is 4.66. The molecule has 0 bridgehead atoms. The Morgan fingerprint density at radius 3 is 2.65 bits per heavy atom. The van der Waals surface area contributed by atoms with Crippen LogP contribution in [0.1, 0.15) is 30.4 Å². The topological polar surface area (TPSA) is 51.2 Å². The highest BCUT2D eigenvalue weighted by Crippen LogP contribution is 2.39. The summed E-state index contributed by atoms with van der Waals surface area (Å²) in [6, 6.07) is 5.98. The Kier molecular flexibility index (Phi) is 3.33.